The molecule has 5 rings (SSSR count). The van der Waals surface area contributed by atoms with Crippen LogP contribution < -0.4 is 4.90 Å². The number of hydrogen-bond donors (Lipinski definition) is 0. The maximum Gasteiger partial charge on any atom is 0.263 e. The number of anilines is 1. The number of piperidine rings is 1. The molecule has 0 spiro atoms. The molecule has 33 heavy (non-hydrogen) atoms. The van der Waals surface area contributed by atoms with Crippen LogP contribution in [0.25, 0.3) is 0 Å². The third kappa shape index (κ3) is 3.45. The minimum atomic E-state index is -0.0528. The van der Waals surface area contributed by atoms with Gasteiger partial charge in [0, 0.05) is 35.3 Å². The highest BCUT2D eigenvalue weighted by atomic mass is 32.1. The van der Waals surface area contributed by atoms with Crippen molar-refractivity contribution in [3.8, 4) is 0 Å². The van der Waals surface area contributed by atoms with E-state index in [0.717, 1.165) is 25.2 Å². The van der Waals surface area contributed by atoms with Gasteiger partial charge in [-0.05, 0) is 67.7 Å². The Balaban J connectivity index is 1.65. The zero-order valence-electron chi connectivity index (χ0n) is 20.0. The number of fused-ring (bicyclic) bond motifs is 2. The quantitative estimate of drug-likeness (QED) is 0.468. The Morgan fingerprint density at radius 2 is 1.55 bits per heavy atom. The molecule has 0 N–H and O–H groups in total. The maximum absolute atomic E-state index is 13.9. The third-order valence-electron chi connectivity index (χ3n) is 8.70. The number of para-hydroxylation sites is 1. The van der Waals surface area contributed by atoms with Crippen molar-refractivity contribution in [2.45, 2.75) is 52.9 Å². The van der Waals surface area contributed by atoms with Crippen LogP contribution in [0.15, 0.2) is 71.9 Å². The van der Waals surface area contributed by atoms with Gasteiger partial charge in [0.25, 0.3) is 5.91 Å². The fourth-order valence-corrected chi connectivity index (χ4v) is 6.94. The third-order valence-corrected chi connectivity index (χ3v) is 9.10. The van der Waals surface area contributed by atoms with Gasteiger partial charge in [0.15, 0.2) is 0 Å². The Morgan fingerprint density at radius 3 is 2.18 bits per heavy atom. The number of carbonyl (C=O) groups is 1. The van der Waals surface area contributed by atoms with Crippen LogP contribution in [0.5, 0.6) is 0 Å². The summed E-state index contributed by atoms with van der Waals surface area (Å²) in [4.78, 5) is 19.0. The molecule has 0 aromatic heterocycles. The number of likely N-dealkylation sites (tertiary alicyclic amines) is 1. The predicted molar refractivity (Wildman–Crippen MR) is 139 cm³/mol. The summed E-state index contributed by atoms with van der Waals surface area (Å²) < 4.78 is 0. The second-order valence-electron chi connectivity index (χ2n) is 10.6. The summed E-state index contributed by atoms with van der Waals surface area (Å²) in [5, 5.41) is 0. The van der Waals surface area contributed by atoms with Crippen molar-refractivity contribution in [1.82, 2.24) is 4.90 Å². The molecule has 2 atom stereocenters. The topological polar surface area (TPSA) is 23.6 Å². The second kappa shape index (κ2) is 8.39. The molecule has 172 valence electrons. The van der Waals surface area contributed by atoms with Crippen LogP contribution in [0, 0.1) is 16.7 Å². The van der Waals surface area contributed by atoms with Gasteiger partial charge in [-0.3, -0.25) is 9.69 Å². The number of allylic oxidation sites excluding steroid dienone is 1. The molecule has 3 nitrogen and oxygen atoms in total. The minimum absolute atomic E-state index is 0.0528. The maximum atomic E-state index is 13.9. The molecule has 1 saturated heterocycles. The van der Waals surface area contributed by atoms with E-state index in [0.29, 0.717) is 16.5 Å². The highest BCUT2D eigenvalue weighted by Crippen LogP contribution is 2.68. The van der Waals surface area contributed by atoms with E-state index in [4.69, 9.17) is 12.2 Å². The molecule has 1 saturated carbocycles. The van der Waals surface area contributed by atoms with E-state index in [9.17, 15) is 4.79 Å². The first kappa shape index (κ1) is 22.3. The standard InChI is InChI=1S/C29H34N2OS/c1-28(2)23-17-18-29(28,3)25(30-19-11-6-12-20-30)24(23)27(33)31(22-15-9-5-10-16-22)26(32)21-13-7-4-8-14-21/h4-5,7-10,13-16,23H,6,11-12,17-20H2,1-3H3. The van der Waals surface area contributed by atoms with Gasteiger partial charge in [-0.15, -0.1) is 0 Å². The van der Waals surface area contributed by atoms with Crippen molar-refractivity contribution in [2.75, 3.05) is 18.0 Å². The van der Waals surface area contributed by atoms with Gasteiger partial charge in [0.1, 0.15) is 4.99 Å². The number of benzene rings is 2. The molecule has 2 aromatic carbocycles. The second-order valence-corrected chi connectivity index (χ2v) is 11.0. The number of hydrogen-bond acceptors (Lipinski definition) is 3. The lowest BCUT2D eigenvalue weighted by Crippen LogP contribution is -2.42. The molecular weight excluding hydrogens is 424 g/mol. The Bertz CT molecular complexity index is 1090. The zero-order chi connectivity index (χ0) is 23.2. The SMILES string of the molecule is CC12CCC(C(C(=S)N(C(=O)c3ccccc3)c3ccccc3)=C1N1CCCCC1)C2(C)C. The lowest BCUT2D eigenvalue weighted by molar-refractivity contribution is 0.100. The van der Waals surface area contributed by atoms with Gasteiger partial charge in [-0.2, -0.15) is 0 Å². The first-order valence-electron chi connectivity index (χ1n) is 12.3. The summed E-state index contributed by atoms with van der Waals surface area (Å²) in [5.41, 5.74) is 4.39. The fraction of sp³-hybridized carbons (Fsp3) is 0.448. The Kier molecular flexibility index (Phi) is 5.68. The largest absolute Gasteiger partial charge is 0.374 e. The highest BCUT2D eigenvalue weighted by Gasteiger charge is 2.63. The molecule has 2 aromatic rings. The summed E-state index contributed by atoms with van der Waals surface area (Å²) in [5.74, 6) is 0.324. The fourth-order valence-electron chi connectivity index (χ4n) is 6.51. The summed E-state index contributed by atoms with van der Waals surface area (Å²) in [7, 11) is 0. The number of amides is 1. The van der Waals surface area contributed by atoms with Crippen LogP contribution in [-0.2, 0) is 0 Å². The van der Waals surface area contributed by atoms with Crippen LogP contribution in [-0.4, -0.2) is 28.9 Å². The normalized spacial score (nSPS) is 25.9. The lowest BCUT2D eigenvalue weighted by Gasteiger charge is -2.43. The average molecular weight is 459 g/mol. The Hall–Kier alpha value is -2.46. The first-order valence-corrected chi connectivity index (χ1v) is 12.8. The van der Waals surface area contributed by atoms with Gasteiger partial charge in [-0.25, -0.2) is 0 Å². The highest BCUT2D eigenvalue weighted by molar-refractivity contribution is 7.81. The first-order chi connectivity index (χ1) is 15.9. The van der Waals surface area contributed by atoms with E-state index in [1.54, 1.807) is 4.90 Å². The predicted octanol–water partition coefficient (Wildman–Crippen LogP) is 6.86. The van der Waals surface area contributed by atoms with Crippen LogP contribution >= 0.6 is 12.2 Å². The van der Waals surface area contributed by atoms with E-state index in [-0.39, 0.29) is 16.7 Å². The van der Waals surface area contributed by atoms with Crippen LogP contribution in [0.4, 0.5) is 5.69 Å². The van der Waals surface area contributed by atoms with Gasteiger partial charge < -0.3 is 4.90 Å². The monoisotopic (exact) mass is 458 g/mol. The van der Waals surface area contributed by atoms with Gasteiger partial charge in [-0.1, -0.05) is 69.4 Å². The number of carbonyl (C=O) groups excluding carboxylic acids is 1. The van der Waals surface area contributed by atoms with E-state index < -0.39 is 0 Å². The molecule has 2 aliphatic carbocycles. The van der Waals surface area contributed by atoms with E-state index in [1.807, 2.05) is 60.7 Å². The average Bonchev–Trinajstić information content (AvgIpc) is 3.18. The summed E-state index contributed by atoms with van der Waals surface area (Å²) >= 11 is 6.28. The van der Waals surface area contributed by atoms with Crippen molar-refractivity contribution in [3.05, 3.63) is 77.5 Å². The molecular formula is C29H34N2OS. The van der Waals surface area contributed by atoms with Crippen LogP contribution in [0.2, 0.25) is 0 Å². The van der Waals surface area contributed by atoms with Crippen molar-refractivity contribution in [2.24, 2.45) is 16.7 Å². The molecule has 1 aliphatic heterocycles. The Morgan fingerprint density at radius 1 is 0.939 bits per heavy atom. The molecule has 1 amide bonds. The van der Waals surface area contributed by atoms with Crippen molar-refractivity contribution < 1.29 is 4.79 Å². The number of rotatable bonds is 4. The van der Waals surface area contributed by atoms with Gasteiger partial charge in [0.2, 0.25) is 0 Å². The van der Waals surface area contributed by atoms with Gasteiger partial charge in [0.05, 0.1) is 5.69 Å². The Labute approximate surface area is 203 Å². The molecule has 0 radical (unpaired) electrons. The number of thiocarbonyl (C=S) groups is 1. The zero-order valence-corrected chi connectivity index (χ0v) is 20.8. The summed E-state index contributed by atoms with van der Waals surface area (Å²) in [6, 6.07) is 19.5. The summed E-state index contributed by atoms with van der Waals surface area (Å²) in [6.45, 7) is 9.46. The molecule has 2 unspecified atom stereocenters. The molecule has 2 bridgehead atoms. The van der Waals surface area contributed by atoms with Crippen molar-refractivity contribution >= 4 is 28.8 Å². The van der Waals surface area contributed by atoms with Crippen molar-refractivity contribution in [1.29, 1.82) is 0 Å². The van der Waals surface area contributed by atoms with E-state index in [1.165, 1.54) is 37.0 Å². The van der Waals surface area contributed by atoms with Crippen molar-refractivity contribution in [3.63, 3.8) is 0 Å². The molecule has 4 heteroatoms. The van der Waals surface area contributed by atoms with E-state index >= 15 is 0 Å². The molecule has 3 aliphatic rings. The smallest absolute Gasteiger partial charge is 0.263 e. The number of nitrogens with zero attached hydrogens (tertiary/aromatic N) is 2. The van der Waals surface area contributed by atoms with Crippen LogP contribution in [0.3, 0.4) is 0 Å². The molecule has 2 fully saturated rings. The molecule has 1 heterocycles. The lowest BCUT2D eigenvalue weighted by atomic mass is 9.69. The van der Waals surface area contributed by atoms with E-state index in [2.05, 4.69) is 25.7 Å². The summed E-state index contributed by atoms with van der Waals surface area (Å²) in [6.07, 6.45) is 6.10. The van der Waals surface area contributed by atoms with Gasteiger partial charge >= 0.3 is 0 Å². The minimum Gasteiger partial charge on any atom is -0.374 e. The van der Waals surface area contributed by atoms with Crippen LogP contribution in [0.1, 0.15) is 63.2 Å².